The van der Waals surface area contributed by atoms with Crippen molar-refractivity contribution >= 4 is 52.3 Å². The van der Waals surface area contributed by atoms with E-state index in [0.717, 1.165) is 27.6 Å². The third kappa shape index (κ3) is 12.4. The maximum absolute atomic E-state index is 14.3. The van der Waals surface area contributed by atoms with Crippen molar-refractivity contribution in [3.05, 3.63) is 135 Å². The van der Waals surface area contributed by atoms with Crippen LogP contribution < -0.4 is 15.4 Å². The second kappa shape index (κ2) is 18.9. The van der Waals surface area contributed by atoms with Gasteiger partial charge in [-0.2, -0.15) is 0 Å². The molecule has 5 aromatic rings. The van der Waals surface area contributed by atoms with Gasteiger partial charge in [0.1, 0.15) is 29.0 Å². The fourth-order valence-electron chi connectivity index (χ4n) is 5.79. The summed E-state index contributed by atoms with van der Waals surface area (Å²) < 4.78 is 16.3. The number of carboxylic acid groups (broad SMARTS) is 1. The minimum atomic E-state index is -1.24. The summed E-state index contributed by atoms with van der Waals surface area (Å²) in [6, 6.07) is 23.7. The number of nitrogens with one attached hydrogen (secondary N) is 3. The van der Waals surface area contributed by atoms with Gasteiger partial charge in [0.2, 0.25) is 5.91 Å². The number of allylic oxidation sites excluding steroid dienone is 2. The van der Waals surface area contributed by atoms with Crippen molar-refractivity contribution in [1.82, 2.24) is 20.6 Å². The summed E-state index contributed by atoms with van der Waals surface area (Å²) in [5.41, 5.74) is 4.46. The van der Waals surface area contributed by atoms with Crippen molar-refractivity contribution < 1.29 is 38.5 Å². The number of aromatic nitrogens is 2. The Balaban J connectivity index is 1.40. The van der Waals surface area contributed by atoms with Gasteiger partial charge in [0.25, 0.3) is 0 Å². The normalized spacial score (nSPS) is 13.1. The molecule has 0 aliphatic heterocycles. The topological polar surface area (TPSA) is 169 Å². The van der Waals surface area contributed by atoms with Crippen LogP contribution >= 0.6 is 11.3 Å². The fourth-order valence-corrected chi connectivity index (χ4v) is 6.62. The lowest BCUT2D eigenvalue weighted by Gasteiger charge is -2.25. The van der Waals surface area contributed by atoms with Crippen molar-refractivity contribution in [2.75, 3.05) is 6.61 Å². The molecule has 3 aromatic carbocycles. The van der Waals surface area contributed by atoms with E-state index in [1.165, 1.54) is 18.3 Å². The number of esters is 1. The Hall–Kier alpha value is -6.21. The summed E-state index contributed by atoms with van der Waals surface area (Å²) in [6.07, 6.45) is 5.05. The van der Waals surface area contributed by atoms with Crippen LogP contribution in [0.2, 0.25) is 0 Å². The van der Waals surface area contributed by atoms with Crippen molar-refractivity contribution in [2.45, 2.75) is 71.8 Å². The summed E-state index contributed by atoms with van der Waals surface area (Å²) >= 11 is 1.36. The van der Waals surface area contributed by atoms with Gasteiger partial charge in [0.15, 0.2) is 6.61 Å². The van der Waals surface area contributed by atoms with E-state index >= 15 is 0 Å². The second-order valence-electron chi connectivity index (χ2n) is 14.2. The molecule has 0 aliphatic carbocycles. The Labute approximate surface area is 329 Å². The largest absolute Gasteiger partial charge is 0.489 e. The van der Waals surface area contributed by atoms with Crippen LogP contribution in [0.15, 0.2) is 108 Å². The quantitative estimate of drug-likeness (QED) is 0.0445. The molecule has 2 heterocycles. The number of H-pyrrole nitrogens is 1. The molecular weight excluding hydrogens is 733 g/mol. The number of hydrogen-bond donors (Lipinski definition) is 4. The van der Waals surface area contributed by atoms with Crippen molar-refractivity contribution in [1.29, 1.82) is 0 Å². The van der Waals surface area contributed by atoms with Gasteiger partial charge in [-0.05, 0) is 93.7 Å². The molecule has 2 atom stereocenters. The van der Waals surface area contributed by atoms with Crippen molar-refractivity contribution in [3.63, 3.8) is 0 Å². The number of aromatic amines is 1. The molecule has 0 unspecified atom stereocenters. The third-order valence-corrected chi connectivity index (χ3v) is 9.32. The van der Waals surface area contributed by atoms with Crippen molar-refractivity contribution in [2.24, 2.45) is 0 Å². The van der Waals surface area contributed by atoms with E-state index < -0.39 is 48.2 Å². The Morgan fingerprint density at radius 2 is 1.62 bits per heavy atom. The number of rotatable bonds is 16. The zero-order valence-corrected chi connectivity index (χ0v) is 32.8. The average Bonchev–Trinajstić information content (AvgIpc) is 3.79. The highest BCUT2D eigenvalue weighted by atomic mass is 32.1. The van der Waals surface area contributed by atoms with Gasteiger partial charge in [-0.1, -0.05) is 60.7 Å². The number of para-hydroxylation sites is 1. The lowest BCUT2D eigenvalue weighted by molar-refractivity contribution is -0.152. The SMILES string of the molecule is C/C(=C/C(C)=C/c1csc([C@H](Cc2ccc(OCc3ccccc3)cc2)NC(=O)[C@H](Cc2c[nH]c3ccccc23)NC(=O)OC(C)(C)C)n1)C(=O)OCC(=O)O. The van der Waals surface area contributed by atoms with Crippen LogP contribution in [-0.4, -0.2) is 57.3 Å². The Kier molecular flexibility index (Phi) is 13.8. The number of nitrogens with zero attached hydrogens (tertiary/aromatic N) is 1. The van der Waals surface area contributed by atoms with Crippen LogP contribution in [0.4, 0.5) is 4.79 Å². The molecule has 0 aliphatic rings. The Morgan fingerprint density at radius 1 is 0.911 bits per heavy atom. The van der Waals surface area contributed by atoms with Crippen LogP contribution in [0, 0.1) is 0 Å². The molecule has 0 bridgehead atoms. The van der Waals surface area contributed by atoms with E-state index in [0.29, 0.717) is 35.1 Å². The average molecular weight is 779 g/mol. The molecule has 2 amide bonds. The molecule has 2 aromatic heterocycles. The van der Waals surface area contributed by atoms with Crippen LogP contribution in [0.3, 0.4) is 0 Å². The summed E-state index contributed by atoms with van der Waals surface area (Å²) in [5.74, 6) is -1.70. The minimum absolute atomic E-state index is 0.195. The van der Waals surface area contributed by atoms with Crippen molar-refractivity contribution in [3.8, 4) is 5.75 Å². The summed E-state index contributed by atoms with van der Waals surface area (Å²) in [5, 5.41) is 18.2. The molecule has 56 heavy (non-hydrogen) atoms. The van der Waals surface area contributed by atoms with Gasteiger partial charge in [-0.15, -0.1) is 11.3 Å². The van der Waals surface area contributed by atoms with E-state index in [1.807, 2.05) is 90.4 Å². The van der Waals surface area contributed by atoms with Gasteiger partial charge < -0.3 is 34.9 Å². The number of ether oxygens (including phenoxy) is 3. The molecule has 0 radical (unpaired) electrons. The van der Waals surface area contributed by atoms with E-state index in [2.05, 4.69) is 15.6 Å². The van der Waals surface area contributed by atoms with Crippen LogP contribution in [0.1, 0.15) is 68.1 Å². The zero-order valence-electron chi connectivity index (χ0n) is 32.0. The molecule has 4 N–H and O–H groups in total. The molecule has 0 spiro atoms. The van der Waals surface area contributed by atoms with E-state index in [4.69, 9.17) is 24.3 Å². The highest BCUT2D eigenvalue weighted by Gasteiger charge is 2.29. The van der Waals surface area contributed by atoms with Crippen LogP contribution in [0.25, 0.3) is 17.0 Å². The number of alkyl carbamates (subject to hydrolysis) is 1. The molecule has 12 nitrogen and oxygen atoms in total. The molecule has 0 fully saturated rings. The highest BCUT2D eigenvalue weighted by Crippen LogP contribution is 2.26. The number of carbonyl (C=O) groups excluding carboxylic acids is 3. The number of fused-ring (bicyclic) bond motifs is 1. The predicted molar refractivity (Wildman–Crippen MR) is 215 cm³/mol. The minimum Gasteiger partial charge on any atom is -0.489 e. The van der Waals surface area contributed by atoms with E-state index in [9.17, 15) is 19.2 Å². The van der Waals surface area contributed by atoms with Gasteiger partial charge in [-0.3, -0.25) is 4.79 Å². The van der Waals surface area contributed by atoms with Gasteiger partial charge in [0, 0.05) is 34.5 Å². The number of carbonyl (C=O) groups is 4. The lowest BCUT2D eigenvalue weighted by Crippen LogP contribution is -2.50. The first-order valence-electron chi connectivity index (χ1n) is 18.0. The summed E-state index contributed by atoms with van der Waals surface area (Å²) in [7, 11) is 0. The van der Waals surface area contributed by atoms with Crippen LogP contribution in [0.5, 0.6) is 5.75 Å². The maximum Gasteiger partial charge on any atom is 0.408 e. The Morgan fingerprint density at radius 3 is 2.34 bits per heavy atom. The Bertz CT molecular complexity index is 2200. The summed E-state index contributed by atoms with van der Waals surface area (Å²) in [4.78, 5) is 58.4. The third-order valence-electron chi connectivity index (χ3n) is 8.34. The second-order valence-corrected chi connectivity index (χ2v) is 15.1. The molecular formula is C43H46N4O8S. The first-order chi connectivity index (χ1) is 26.7. The first-order valence-corrected chi connectivity index (χ1v) is 18.9. The van der Waals surface area contributed by atoms with Crippen LogP contribution in [-0.2, 0) is 43.3 Å². The molecule has 0 saturated carbocycles. The number of thiazole rings is 1. The first kappa shape index (κ1) is 41.0. The lowest BCUT2D eigenvalue weighted by atomic mass is 10.0. The number of amides is 2. The zero-order chi connectivity index (χ0) is 40.2. The molecule has 292 valence electrons. The predicted octanol–water partition coefficient (Wildman–Crippen LogP) is 7.72. The number of carboxylic acids is 1. The number of hydrogen-bond acceptors (Lipinski definition) is 9. The maximum atomic E-state index is 14.3. The fraction of sp³-hybridized carbons (Fsp3) is 0.279. The smallest absolute Gasteiger partial charge is 0.408 e. The highest BCUT2D eigenvalue weighted by molar-refractivity contribution is 7.09. The monoisotopic (exact) mass is 778 g/mol. The standard InChI is InChI=1S/C43H46N4O8S/c1-27(19-28(2)41(51)54-25-38(48)49)20-32-26-56-40(45-32)37(21-29-15-17-33(18-16-29)53-24-30-11-7-6-8-12-30)46-39(50)36(47-42(52)55-43(3,4)5)22-31-23-44-35-14-10-9-13-34(31)35/h6-20,23,26,36-37,44H,21-22,24-25H2,1-5H3,(H,46,50)(H,47,52)(H,48,49)/b27-20+,28-19-/t36-,37-/m0/s1. The van der Waals surface area contributed by atoms with Gasteiger partial charge >= 0.3 is 18.0 Å². The van der Waals surface area contributed by atoms with E-state index in [-0.39, 0.29) is 12.0 Å². The van der Waals surface area contributed by atoms with Gasteiger partial charge in [-0.25, -0.2) is 19.4 Å². The van der Waals surface area contributed by atoms with E-state index in [1.54, 1.807) is 39.8 Å². The molecule has 13 heteroatoms. The summed E-state index contributed by atoms with van der Waals surface area (Å²) in [6.45, 7) is 8.29. The number of benzene rings is 3. The molecule has 0 saturated heterocycles. The van der Waals surface area contributed by atoms with Gasteiger partial charge in [0.05, 0.1) is 11.7 Å². The number of aliphatic carboxylic acids is 1. The molecule has 5 rings (SSSR count).